The number of nitrogens with one attached hydrogen (secondary N) is 2. The molecule has 0 unspecified atom stereocenters. The quantitative estimate of drug-likeness (QED) is 0.360. The average Bonchev–Trinajstić information content (AvgIpc) is 2.73. The summed E-state index contributed by atoms with van der Waals surface area (Å²) in [7, 11) is -1.43. The van der Waals surface area contributed by atoms with Crippen molar-refractivity contribution in [1.29, 1.82) is 0 Å². The van der Waals surface area contributed by atoms with Crippen LogP contribution in [-0.4, -0.2) is 78.0 Å². The molecule has 1 saturated heterocycles. The zero-order valence-electron chi connectivity index (χ0n) is 17.1. The molecule has 1 aliphatic rings. The van der Waals surface area contributed by atoms with Crippen LogP contribution < -0.4 is 19.7 Å². The van der Waals surface area contributed by atoms with Gasteiger partial charge in [-0.1, -0.05) is 12.1 Å². The molecule has 9 heteroatoms. The average molecular weight is 412 g/mol. The number of hydrogen-bond donors (Lipinski definition) is 2. The highest BCUT2D eigenvalue weighted by atomic mass is 32.2. The first-order chi connectivity index (χ1) is 13.5. The number of anilines is 1. The zero-order chi connectivity index (χ0) is 20.4. The predicted octanol–water partition coefficient (Wildman–Crippen LogP) is 1.11. The van der Waals surface area contributed by atoms with E-state index in [2.05, 4.69) is 37.8 Å². The fourth-order valence-electron chi connectivity index (χ4n) is 3.07. The number of hydrogen-bond acceptors (Lipinski definition) is 5. The Bertz CT molecular complexity index is 731. The highest BCUT2D eigenvalue weighted by Gasteiger charge is 2.21. The fourth-order valence-corrected chi connectivity index (χ4v) is 3.73. The predicted molar refractivity (Wildman–Crippen MR) is 115 cm³/mol. The number of ether oxygens (including phenoxy) is 1. The maximum Gasteiger partial charge on any atom is 0.211 e. The number of benzene rings is 1. The third kappa shape index (κ3) is 6.56. The van der Waals surface area contributed by atoms with Crippen molar-refractivity contribution < 1.29 is 13.2 Å². The molecule has 2 N–H and O–H groups in total. The third-order valence-corrected chi connectivity index (χ3v) is 6.04. The lowest BCUT2D eigenvalue weighted by molar-refractivity contribution is 0.367. The molecule has 8 nitrogen and oxygen atoms in total. The SMILES string of the molecule is CCNC(=NCCCNS(=O)(=O)CC)N1CCN(c2ccccc2OC)CC1. The van der Waals surface area contributed by atoms with E-state index in [1.807, 2.05) is 18.2 Å². The van der Waals surface area contributed by atoms with Crippen LogP contribution >= 0.6 is 0 Å². The number of para-hydroxylation sites is 2. The minimum atomic E-state index is -3.13. The molecule has 0 aromatic heterocycles. The summed E-state index contributed by atoms with van der Waals surface area (Å²) in [6.07, 6.45) is 0.676. The number of piperazine rings is 1. The Morgan fingerprint density at radius 3 is 2.54 bits per heavy atom. The molecule has 0 spiro atoms. The van der Waals surface area contributed by atoms with Gasteiger partial charge < -0.3 is 19.9 Å². The zero-order valence-corrected chi connectivity index (χ0v) is 18.0. The second kappa shape index (κ2) is 11.1. The van der Waals surface area contributed by atoms with Crippen molar-refractivity contribution in [3.05, 3.63) is 24.3 Å². The van der Waals surface area contributed by atoms with E-state index >= 15 is 0 Å². The van der Waals surface area contributed by atoms with Gasteiger partial charge in [0.2, 0.25) is 10.0 Å². The van der Waals surface area contributed by atoms with E-state index in [1.54, 1.807) is 14.0 Å². The molecule has 0 saturated carbocycles. The Morgan fingerprint density at radius 1 is 1.18 bits per heavy atom. The van der Waals surface area contributed by atoms with Crippen molar-refractivity contribution in [2.45, 2.75) is 20.3 Å². The lowest BCUT2D eigenvalue weighted by Gasteiger charge is -2.38. The number of methoxy groups -OCH3 is 1. The van der Waals surface area contributed by atoms with Crippen LogP contribution in [0.25, 0.3) is 0 Å². The van der Waals surface area contributed by atoms with Crippen molar-refractivity contribution >= 4 is 21.7 Å². The lowest BCUT2D eigenvalue weighted by atomic mass is 10.2. The topological polar surface area (TPSA) is 86.3 Å². The number of nitrogens with zero attached hydrogens (tertiary/aromatic N) is 3. The minimum Gasteiger partial charge on any atom is -0.495 e. The highest BCUT2D eigenvalue weighted by Crippen LogP contribution is 2.28. The van der Waals surface area contributed by atoms with Crippen LogP contribution in [0.4, 0.5) is 5.69 Å². The van der Waals surface area contributed by atoms with Gasteiger partial charge in [0.05, 0.1) is 18.6 Å². The molecule has 158 valence electrons. The monoisotopic (exact) mass is 411 g/mol. The molecule has 0 aliphatic carbocycles. The summed E-state index contributed by atoms with van der Waals surface area (Å²) >= 11 is 0. The van der Waals surface area contributed by atoms with Gasteiger partial charge in [0.25, 0.3) is 0 Å². The van der Waals surface area contributed by atoms with Gasteiger partial charge in [0.1, 0.15) is 5.75 Å². The standard InChI is InChI=1S/C19H33N5O3S/c1-4-20-19(21-11-8-12-22-28(25,26)5-2)24-15-13-23(14-16-24)17-9-6-7-10-18(17)27-3/h6-7,9-10,22H,4-5,8,11-16H2,1-3H3,(H,20,21). The van der Waals surface area contributed by atoms with Crippen molar-refractivity contribution in [3.8, 4) is 5.75 Å². The molecule has 0 radical (unpaired) electrons. The number of sulfonamides is 1. The largest absolute Gasteiger partial charge is 0.495 e. The maximum absolute atomic E-state index is 11.5. The Balaban J connectivity index is 1.88. The van der Waals surface area contributed by atoms with Crippen molar-refractivity contribution in [1.82, 2.24) is 14.9 Å². The van der Waals surface area contributed by atoms with Crippen molar-refractivity contribution in [2.24, 2.45) is 4.99 Å². The summed E-state index contributed by atoms with van der Waals surface area (Å²) in [5, 5.41) is 3.34. The molecule has 0 bridgehead atoms. The summed E-state index contributed by atoms with van der Waals surface area (Å²) in [6, 6.07) is 8.09. The molecule has 0 amide bonds. The van der Waals surface area contributed by atoms with Crippen LogP contribution in [0.3, 0.4) is 0 Å². The molecular formula is C19H33N5O3S. The van der Waals surface area contributed by atoms with E-state index in [-0.39, 0.29) is 5.75 Å². The first kappa shape index (κ1) is 22.3. The Hall–Kier alpha value is -2.00. The van der Waals surface area contributed by atoms with Crippen LogP contribution in [-0.2, 0) is 10.0 Å². The summed E-state index contributed by atoms with van der Waals surface area (Å²) < 4.78 is 31.0. The first-order valence-electron chi connectivity index (χ1n) is 9.89. The maximum atomic E-state index is 11.5. The smallest absolute Gasteiger partial charge is 0.211 e. The summed E-state index contributed by atoms with van der Waals surface area (Å²) in [5.74, 6) is 1.89. The van der Waals surface area contributed by atoms with E-state index in [1.165, 1.54) is 0 Å². The van der Waals surface area contributed by atoms with E-state index in [0.717, 1.165) is 50.1 Å². The highest BCUT2D eigenvalue weighted by molar-refractivity contribution is 7.89. The molecule has 0 atom stereocenters. The van der Waals surface area contributed by atoms with Gasteiger partial charge in [-0.15, -0.1) is 0 Å². The molecule has 1 aliphatic heterocycles. The number of aliphatic imine (C=N–C) groups is 1. The van der Waals surface area contributed by atoms with Crippen LogP contribution in [0.15, 0.2) is 29.3 Å². The van der Waals surface area contributed by atoms with E-state index in [0.29, 0.717) is 19.5 Å². The Kier molecular flexibility index (Phi) is 8.85. The summed E-state index contributed by atoms with van der Waals surface area (Å²) in [4.78, 5) is 9.25. The van der Waals surface area contributed by atoms with Crippen LogP contribution in [0.5, 0.6) is 5.75 Å². The fraction of sp³-hybridized carbons (Fsp3) is 0.632. The van der Waals surface area contributed by atoms with Gasteiger partial charge in [-0.3, -0.25) is 4.99 Å². The molecule has 1 heterocycles. The molecule has 1 aromatic carbocycles. The second-order valence-electron chi connectivity index (χ2n) is 6.53. The molecular weight excluding hydrogens is 378 g/mol. The minimum absolute atomic E-state index is 0.107. The first-order valence-corrected chi connectivity index (χ1v) is 11.5. The number of rotatable bonds is 9. The molecule has 1 fully saturated rings. The molecule has 2 rings (SSSR count). The van der Waals surface area contributed by atoms with Gasteiger partial charge in [-0.05, 0) is 32.4 Å². The van der Waals surface area contributed by atoms with E-state index < -0.39 is 10.0 Å². The van der Waals surface area contributed by atoms with Crippen LogP contribution in [0, 0.1) is 0 Å². The van der Waals surface area contributed by atoms with Gasteiger partial charge in [-0.2, -0.15) is 0 Å². The van der Waals surface area contributed by atoms with Gasteiger partial charge in [0.15, 0.2) is 5.96 Å². The summed E-state index contributed by atoms with van der Waals surface area (Å²) in [5.41, 5.74) is 1.12. The number of guanidine groups is 1. The molecule has 1 aromatic rings. The van der Waals surface area contributed by atoms with Crippen molar-refractivity contribution in [2.75, 3.05) is 63.6 Å². The van der Waals surface area contributed by atoms with E-state index in [4.69, 9.17) is 4.74 Å². The summed E-state index contributed by atoms with van der Waals surface area (Å²) in [6.45, 7) is 9.00. The van der Waals surface area contributed by atoms with Crippen molar-refractivity contribution in [3.63, 3.8) is 0 Å². The van der Waals surface area contributed by atoms with Gasteiger partial charge in [-0.25, -0.2) is 13.1 Å². The normalized spacial score (nSPS) is 15.6. The third-order valence-electron chi connectivity index (χ3n) is 4.64. The lowest BCUT2D eigenvalue weighted by Crippen LogP contribution is -2.52. The Morgan fingerprint density at radius 2 is 1.89 bits per heavy atom. The van der Waals surface area contributed by atoms with Crippen LogP contribution in [0.1, 0.15) is 20.3 Å². The molecule has 28 heavy (non-hydrogen) atoms. The van der Waals surface area contributed by atoms with Gasteiger partial charge >= 0.3 is 0 Å². The Labute approximate surface area is 169 Å². The van der Waals surface area contributed by atoms with Crippen LogP contribution in [0.2, 0.25) is 0 Å². The second-order valence-corrected chi connectivity index (χ2v) is 8.63. The van der Waals surface area contributed by atoms with Gasteiger partial charge in [0, 0.05) is 45.8 Å². The van der Waals surface area contributed by atoms with E-state index in [9.17, 15) is 8.42 Å².